The molecule has 0 spiro atoms. The molecule has 1 aliphatic rings. The summed E-state index contributed by atoms with van der Waals surface area (Å²) in [6.45, 7) is 1.56. The van der Waals surface area contributed by atoms with E-state index < -0.39 is 27.8 Å². The molecule has 1 aromatic rings. The molecule has 0 radical (unpaired) electrons. The largest absolute Gasteiger partial charge is 0.277 e. The lowest BCUT2D eigenvalue weighted by molar-refractivity contribution is -0.119. The van der Waals surface area contributed by atoms with Gasteiger partial charge in [-0.15, -0.1) is 0 Å². The predicted octanol–water partition coefficient (Wildman–Crippen LogP) is 0.290. The number of rotatable bonds is 3. The molecular weight excluding hydrogens is 284 g/mol. The number of anilines is 1. The molecule has 7 nitrogen and oxygen atoms in total. The highest BCUT2D eigenvalue weighted by atomic mass is 32.2. The van der Waals surface area contributed by atoms with Crippen LogP contribution < -0.4 is 9.79 Å². The van der Waals surface area contributed by atoms with E-state index in [2.05, 4.69) is 10.3 Å². The highest BCUT2D eigenvalue weighted by Crippen LogP contribution is 2.28. The third kappa shape index (κ3) is 2.52. The molecule has 1 saturated heterocycles. The second-order valence-electron chi connectivity index (χ2n) is 4.47. The van der Waals surface area contributed by atoms with E-state index >= 15 is 0 Å². The first-order valence-electron chi connectivity index (χ1n) is 5.87. The number of hydrogen-bond acceptors (Lipinski definition) is 5. The van der Waals surface area contributed by atoms with Gasteiger partial charge in [0.25, 0.3) is 5.91 Å². The van der Waals surface area contributed by atoms with Gasteiger partial charge in [0.2, 0.25) is 15.9 Å². The summed E-state index contributed by atoms with van der Waals surface area (Å²) in [5.74, 6) is -1.82. The van der Waals surface area contributed by atoms with Gasteiger partial charge in [0.15, 0.2) is 0 Å². The first-order valence-corrected chi connectivity index (χ1v) is 7.48. The number of benzene rings is 1. The summed E-state index contributed by atoms with van der Waals surface area (Å²) in [4.78, 5) is 28.1. The number of nitrogens with one attached hydrogen (secondary N) is 1. The Kier molecular flexibility index (Phi) is 3.78. The lowest BCUT2D eigenvalue weighted by atomic mass is 10.1. The van der Waals surface area contributed by atoms with Crippen molar-refractivity contribution in [1.29, 1.82) is 0 Å². The minimum atomic E-state index is -3.67. The lowest BCUT2D eigenvalue weighted by Crippen LogP contribution is -2.30. The van der Waals surface area contributed by atoms with Crippen LogP contribution in [0.25, 0.3) is 0 Å². The Morgan fingerprint density at radius 3 is 2.70 bits per heavy atom. The minimum Gasteiger partial charge on any atom is -0.277 e. The Balaban J connectivity index is 2.41. The standard InChI is InChI=1S/C12H14N2O5S/c1-8-7-20(17,18)14(12(8)16)10-5-3-4-9(6-10)11(15)13-19-2/h3-6,8H,7H2,1-2H3,(H,13,15). The highest BCUT2D eigenvalue weighted by Gasteiger charge is 2.42. The third-order valence-corrected chi connectivity index (χ3v) is 4.77. The predicted molar refractivity (Wildman–Crippen MR) is 71.4 cm³/mol. The SMILES string of the molecule is CONC(=O)c1cccc(N2C(=O)C(C)CS2(=O)=O)c1. The van der Waals surface area contributed by atoms with E-state index in [1.807, 2.05) is 0 Å². The van der Waals surface area contributed by atoms with E-state index in [-0.39, 0.29) is 17.0 Å². The van der Waals surface area contributed by atoms with Crippen LogP contribution in [0.15, 0.2) is 24.3 Å². The van der Waals surface area contributed by atoms with E-state index in [1.165, 1.54) is 31.4 Å². The van der Waals surface area contributed by atoms with Gasteiger partial charge in [0.05, 0.1) is 24.5 Å². The van der Waals surface area contributed by atoms with Gasteiger partial charge in [0.1, 0.15) is 0 Å². The van der Waals surface area contributed by atoms with Gasteiger partial charge in [-0.3, -0.25) is 14.4 Å². The van der Waals surface area contributed by atoms with E-state index in [0.29, 0.717) is 0 Å². The van der Waals surface area contributed by atoms with Gasteiger partial charge in [-0.1, -0.05) is 13.0 Å². The molecule has 2 amide bonds. The van der Waals surface area contributed by atoms with Crippen molar-refractivity contribution in [3.05, 3.63) is 29.8 Å². The molecule has 1 heterocycles. The smallest absolute Gasteiger partial charge is 0.274 e. The second kappa shape index (κ2) is 5.22. The Morgan fingerprint density at radius 1 is 1.45 bits per heavy atom. The Bertz CT molecular complexity index is 656. The van der Waals surface area contributed by atoms with Crippen LogP contribution in [-0.4, -0.2) is 33.1 Å². The monoisotopic (exact) mass is 298 g/mol. The van der Waals surface area contributed by atoms with Gasteiger partial charge in [-0.2, -0.15) is 0 Å². The Hall–Kier alpha value is -1.93. The van der Waals surface area contributed by atoms with Crippen LogP contribution in [0, 0.1) is 5.92 Å². The van der Waals surface area contributed by atoms with Crippen molar-refractivity contribution in [2.75, 3.05) is 17.2 Å². The summed E-state index contributed by atoms with van der Waals surface area (Å²) in [6.07, 6.45) is 0. The van der Waals surface area contributed by atoms with Crippen molar-refractivity contribution >= 4 is 27.5 Å². The van der Waals surface area contributed by atoms with Crippen molar-refractivity contribution in [3.63, 3.8) is 0 Å². The molecule has 0 aromatic heterocycles. The molecule has 1 atom stereocenters. The zero-order chi connectivity index (χ0) is 14.9. The molecule has 1 aliphatic heterocycles. The highest BCUT2D eigenvalue weighted by molar-refractivity contribution is 7.94. The first-order chi connectivity index (χ1) is 9.36. The molecule has 2 rings (SSSR count). The maximum atomic E-state index is 12.0. The van der Waals surface area contributed by atoms with Crippen molar-refractivity contribution in [3.8, 4) is 0 Å². The Labute approximate surface area is 116 Å². The fraction of sp³-hybridized carbons (Fsp3) is 0.333. The number of nitrogens with zero attached hydrogens (tertiary/aromatic N) is 1. The third-order valence-electron chi connectivity index (χ3n) is 2.90. The fourth-order valence-electron chi connectivity index (χ4n) is 2.01. The van der Waals surface area contributed by atoms with Crippen molar-refractivity contribution in [1.82, 2.24) is 5.48 Å². The molecule has 1 aromatic carbocycles. The van der Waals surface area contributed by atoms with Gasteiger partial charge < -0.3 is 0 Å². The van der Waals surface area contributed by atoms with Crippen molar-refractivity contribution in [2.24, 2.45) is 5.92 Å². The summed E-state index contributed by atoms with van der Waals surface area (Å²) in [5, 5.41) is 0. The summed E-state index contributed by atoms with van der Waals surface area (Å²) in [5.41, 5.74) is 2.48. The molecule has 20 heavy (non-hydrogen) atoms. The molecule has 1 unspecified atom stereocenters. The van der Waals surface area contributed by atoms with Crippen LogP contribution in [-0.2, 0) is 19.7 Å². The molecule has 108 valence electrons. The number of carbonyl (C=O) groups is 2. The molecule has 0 aliphatic carbocycles. The number of amides is 2. The quantitative estimate of drug-likeness (QED) is 0.810. The molecule has 8 heteroatoms. The van der Waals surface area contributed by atoms with Gasteiger partial charge in [0, 0.05) is 5.56 Å². The normalized spacial score (nSPS) is 21.0. The van der Waals surface area contributed by atoms with Crippen LogP contribution in [0.3, 0.4) is 0 Å². The van der Waals surface area contributed by atoms with Crippen LogP contribution >= 0.6 is 0 Å². The van der Waals surface area contributed by atoms with Crippen LogP contribution in [0.1, 0.15) is 17.3 Å². The maximum Gasteiger partial charge on any atom is 0.274 e. The van der Waals surface area contributed by atoms with E-state index in [4.69, 9.17) is 0 Å². The van der Waals surface area contributed by atoms with Gasteiger partial charge in [-0.05, 0) is 18.2 Å². The first kappa shape index (κ1) is 14.5. The summed E-state index contributed by atoms with van der Waals surface area (Å²) < 4.78 is 24.7. The number of carbonyl (C=O) groups excluding carboxylic acids is 2. The zero-order valence-corrected chi connectivity index (χ0v) is 11.8. The fourth-order valence-corrected chi connectivity index (χ4v) is 3.82. The molecule has 0 bridgehead atoms. The topological polar surface area (TPSA) is 92.8 Å². The van der Waals surface area contributed by atoms with E-state index in [0.717, 1.165) is 4.31 Å². The molecule has 1 N–H and O–H groups in total. The van der Waals surface area contributed by atoms with E-state index in [9.17, 15) is 18.0 Å². The minimum absolute atomic E-state index is 0.156. The lowest BCUT2D eigenvalue weighted by Gasteiger charge is -2.16. The average Bonchev–Trinajstić information content (AvgIpc) is 2.58. The zero-order valence-electron chi connectivity index (χ0n) is 11.0. The van der Waals surface area contributed by atoms with Crippen molar-refractivity contribution in [2.45, 2.75) is 6.92 Å². The molecule has 1 fully saturated rings. The number of hydroxylamine groups is 1. The van der Waals surface area contributed by atoms with Crippen LogP contribution in [0.2, 0.25) is 0 Å². The summed E-state index contributed by atoms with van der Waals surface area (Å²) in [7, 11) is -2.38. The summed E-state index contributed by atoms with van der Waals surface area (Å²) in [6, 6.07) is 5.80. The molecule has 0 saturated carbocycles. The number of sulfonamides is 1. The average molecular weight is 298 g/mol. The van der Waals surface area contributed by atoms with E-state index in [1.54, 1.807) is 6.92 Å². The maximum absolute atomic E-state index is 12.0. The molecular formula is C12H14N2O5S. The van der Waals surface area contributed by atoms with Crippen LogP contribution in [0.5, 0.6) is 0 Å². The van der Waals surface area contributed by atoms with Gasteiger partial charge in [-0.25, -0.2) is 18.2 Å². The van der Waals surface area contributed by atoms with Crippen molar-refractivity contribution < 1.29 is 22.8 Å². The second-order valence-corrected chi connectivity index (χ2v) is 6.33. The number of hydrogen-bond donors (Lipinski definition) is 1. The Morgan fingerprint density at radius 2 is 2.15 bits per heavy atom. The summed E-state index contributed by atoms with van der Waals surface area (Å²) >= 11 is 0. The van der Waals surface area contributed by atoms with Gasteiger partial charge >= 0.3 is 0 Å². The van der Waals surface area contributed by atoms with Crippen LogP contribution in [0.4, 0.5) is 5.69 Å².